The molecule has 0 aliphatic carbocycles. The summed E-state index contributed by atoms with van der Waals surface area (Å²) in [5.41, 5.74) is 3.75. The molecule has 2 N–H and O–H groups in total. The lowest BCUT2D eigenvalue weighted by molar-refractivity contribution is -0.121. The van der Waals surface area contributed by atoms with Crippen LogP contribution in [0.4, 0.5) is 11.6 Å². The molecule has 2 atom stereocenters. The number of carbonyl (C=O) groups excluding carboxylic acids is 1. The highest BCUT2D eigenvalue weighted by molar-refractivity contribution is 5.93. The number of Topliss-reactive ketones (excluding diaryl/α,β-unsaturated/α-hetero) is 1. The van der Waals surface area contributed by atoms with Crippen molar-refractivity contribution in [1.29, 1.82) is 0 Å². The number of nitrogens with zero attached hydrogens (tertiary/aromatic N) is 2. The molecule has 0 saturated heterocycles. The highest BCUT2D eigenvalue weighted by Gasteiger charge is 2.27. The van der Waals surface area contributed by atoms with Gasteiger partial charge in [-0.05, 0) is 53.7 Å². The molecule has 5 heteroatoms. The van der Waals surface area contributed by atoms with E-state index in [0.29, 0.717) is 0 Å². The van der Waals surface area contributed by atoms with Crippen LogP contribution in [0.5, 0.6) is 0 Å². The Balaban J connectivity index is 2.36. The number of nitrogens with one attached hydrogen (secondary N) is 2. The molecule has 2 aromatic heterocycles. The van der Waals surface area contributed by atoms with Gasteiger partial charge >= 0.3 is 0 Å². The van der Waals surface area contributed by atoms with Crippen LogP contribution in [0.2, 0.25) is 0 Å². The van der Waals surface area contributed by atoms with Crippen molar-refractivity contribution in [2.24, 2.45) is 0 Å². The van der Waals surface area contributed by atoms with E-state index in [9.17, 15) is 4.79 Å². The summed E-state index contributed by atoms with van der Waals surface area (Å²) in [6.45, 7) is 16.2. The standard InChI is InChI=1S/C23H34N4O/c1-13(2)24-22-19(11-9-15(5)26-22)17(7)21(28)18(8)20-12-10-16(6)27-23(20)25-14(3)4/h9-14,17-18H,1-8H3,(H,24,26)(H,25,27). The number of carbonyl (C=O) groups is 1. The van der Waals surface area contributed by atoms with E-state index in [2.05, 4.69) is 48.3 Å². The second kappa shape index (κ2) is 9.18. The van der Waals surface area contributed by atoms with Gasteiger partial charge in [0.15, 0.2) is 0 Å². The molecule has 0 aliphatic rings. The number of anilines is 2. The van der Waals surface area contributed by atoms with Crippen LogP contribution in [0.25, 0.3) is 0 Å². The molecule has 0 fully saturated rings. The highest BCUT2D eigenvalue weighted by atomic mass is 16.1. The summed E-state index contributed by atoms with van der Waals surface area (Å²) in [5, 5.41) is 6.77. The van der Waals surface area contributed by atoms with Crippen LogP contribution in [0, 0.1) is 13.8 Å². The number of hydrogen-bond donors (Lipinski definition) is 2. The van der Waals surface area contributed by atoms with Gasteiger partial charge in [0.1, 0.15) is 17.4 Å². The first-order chi connectivity index (χ1) is 13.1. The van der Waals surface area contributed by atoms with Crippen LogP contribution < -0.4 is 10.6 Å². The molecule has 2 rings (SSSR count). The molecule has 2 aromatic rings. The van der Waals surface area contributed by atoms with Crippen molar-refractivity contribution >= 4 is 17.4 Å². The third kappa shape index (κ3) is 5.31. The number of rotatable bonds is 8. The largest absolute Gasteiger partial charge is 0.368 e. The minimum absolute atomic E-state index is 0.162. The molecule has 152 valence electrons. The predicted octanol–water partition coefficient (Wildman–Crippen LogP) is 5.21. The molecule has 0 amide bonds. The van der Waals surface area contributed by atoms with Gasteiger partial charge in [0, 0.05) is 46.4 Å². The molecule has 0 aromatic carbocycles. The molecule has 28 heavy (non-hydrogen) atoms. The maximum Gasteiger partial charge on any atom is 0.147 e. The van der Waals surface area contributed by atoms with Gasteiger partial charge in [-0.1, -0.05) is 26.0 Å². The first-order valence-electron chi connectivity index (χ1n) is 10.1. The Labute approximate surface area is 169 Å². The fourth-order valence-electron chi connectivity index (χ4n) is 3.29. The normalized spacial score (nSPS) is 13.5. The van der Waals surface area contributed by atoms with Gasteiger partial charge in [0.2, 0.25) is 0 Å². The van der Waals surface area contributed by atoms with E-state index in [1.54, 1.807) is 0 Å². The third-order valence-corrected chi connectivity index (χ3v) is 4.77. The smallest absolute Gasteiger partial charge is 0.147 e. The van der Waals surface area contributed by atoms with Crippen molar-refractivity contribution in [2.75, 3.05) is 10.6 Å². The molecule has 0 saturated carbocycles. The van der Waals surface area contributed by atoms with E-state index in [0.717, 1.165) is 34.2 Å². The SMILES string of the molecule is Cc1ccc(C(C)C(=O)C(C)c2ccc(C)nc2NC(C)C)c(NC(C)C)n1. The summed E-state index contributed by atoms with van der Waals surface area (Å²) in [6, 6.07) is 8.46. The molecule has 2 heterocycles. The van der Waals surface area contributed by atoms with E-state index in [-0.39, 0.29) is 29.7 Å². The quantitative estimate of drug-likeness (QED) is 0.656. The molecule has 2 unspecified atom stereocenters. The third-order valence-electron chi connectivity index (χ3n) is 4.77. The molecule has 0 spiro atoms. The predicted molar refractivity (Wildman–Crippen MR) is 117 cm³/mol. The number of pyridine rings is 2. The molecular formula is C23H34N4O. The summed E-state index contributed by atoms with van der Waals surface area (Å²) in [6.07, 6.45) is 0. The fraction of sp³-hybridized carbons (Fsp3) is 0.522. The Kier molecular flexibility index (Phi) is 7.17. The zero-order chi connectivity index (χ0) is 21.0. The Morgan fingerprint density at radius 1 is 0.714 bits per heavy atom. The van der Waals surface area contributed by atoms with Gasteiger partial charge in [-0.15, -0.1) is 0 Å². The summed E-state index contributed by atoms with van der Waals surface area (Å²) in [4.78, 5) is 22.6. The van der Waals surface area contributed by atoms with Gasteiger partial charge in [-0.25, -0.2) is 9.97 Å². The maximum absolute atomic E-state index is 13.4. The van der Waals surface area contributed by atoms with E-state index >= 15 is 0 Å². The lowest BCUT2D eigenvalue weighted by Gasteiger charge is -2.23. The van der Waals surface area contributed by atoms with Crippen molar-refractivity contribution in [3.63, 3.8) is 0 Å². The van der Waals surface area contributed by atoms with Crippen molar-refractivity contribution in [1.82, 2.24) is 9.97 Å². The number of aryl methyl sites for hydroxylation is 2. The maximum atomic E-state index is 13.4. The highest BCUT2D eigenvalue weighted by Crippen LogP contribution is 2.32. The van der Waals surface area contributed by atoms with Crippen molar-refractivity contribution in [2.45, 2.75) is 79.3 Å². The minimum Gasteiger partial charge on any atom is -0.368 e. The van der Waals surface area contributed by atoms with Crippen LogP contribution in [-0.4, -0.2) is 27.8 Å². The minimum atomic E-state index is -0.266. The molecular weight excluding hydrogens is 348 g/mol. The van der Waals surface area contributed by atoms with Crippen molar-refractivity contribution < 1.29 is 4.79 Å². The summed E-state index contributed by atoms with van der Waals surface area (Å²) >= 11 is 0. The Morgan fingerprint density at radius 3 is 1.39 bits per heavy atom. The average Bonchev–Trinajstić information content (AvgIpc) is 2.59. The van der Waals surface area contributed by atoms with Crippen LogP contribution in [0.15, 0.2) is 24.3 Å². The van der Waals surface area contributed by atoms with Crippen molar-refractivity contribution in [3.8, 4) is 0 Å². The van der Waals surface area contributed by atoms with Gasteiger partial charge in [-0.2, -0.15) is 0 Å². The zero-order valence-electron chi connectivity index (χ0n) is 18.4. The van der Waals surface area contributed by atoms with Crippen molar-refractivity contribution in [3.05, 3.63) is 46.8 Å². The number of aromatic nitrogens is 2. The number of ketones is 1. The Bertz CT molecular complexity index is 762. The molecule has 0 aliphatic heterocycles. The fourth-order valence-corrected chi connectivity index (χ4v) is 3.29. The van der Waals surface area contributed by atoms with Crippen LogP contribution in [-0.2, 0) is 4.79 Å². The first kappa shape index (κ1) is 21.9. The summed E-state index contributed by atoms with van der Waals surface area (Å²) in [7, 11) is 0. The Hall–Kier alpha value is -2.43. The lowest BCUT2D eigenvalue weighted by Crippen LogP contribution is -2.22. The Morgan fingerprint density at radius 2 is 1.07 bits per heavy atom. The zero-order valence-corrected chi connectivity index (χ0v) is 18.4. The summed E-state index contributed by atoms with van der Waals surface area (Å²) in [5.74, 6) is 1.22. The van der Waals surface area contributed by atoms with E-state index in [1.165, 1.54) is 0 Å². The van der Waals surface area contributed by atoms with Gasteiger partial charge in [0.05, 0.1) is 0 Å². The molecule has 5 nitrogen and oxygen atoms in total. The molecule has 0 bridgehead atoms. The van der Waals surface area contributed by atoms with Gasteiger partial charge in [0.25, 0.3) is 0 Å². The van der Waals surface area contributed by atoms with E-state index in [4.69, 9.17) is 0 Å². The lowest BCUT2D eigenvalue weighted by atomic mass is 9.85. The molecule has 0 radical (unpaired) electrons. The first-order valence-corrected chi connectivity index (χ1v) is 10.1. The summed E-state index contributed by atoms with van der Waals surface area (Å²) < 4.78 is 0. The monoisotopic (exact) mass is 382 g/mol. The average molecular weight is 383 g/mol. The van der Waals surface area contributed by atoms with Gasteiger partial charge < -0.3 is 10.6 Å². The van der Waals surface area contributed by atoms with Crippen LogP contribution in [0.3, 0.4) is 0 Å². The van der Waals surface area contributed by atoms with E-state index < -0.39 is 0 Å². The topological polar surface area (TPSA) is 66.9 Å². The number of hydrogen-bond acceptors (Lipinski definition) is 5. The van der Waals surface area contributed by atoms with Crippen LogP contribution >= 0.6 is 0 Å². The second-order valence-electron chi connectivity index (χ2n) is 8.22. The van der Waals surface area contributed by atoms with Gasteiger partial charge in [-0.3, -0.25) is 4.79 Å². The van der Waals surface area contributed by atoms with E-state index in [1.807, 2.05) is 52.0 Å². The van der Waals surface area contributed by atoms with Crippen LogP contribution in [0.1, 0.15) is 75.9 Å². The second-order valence-corrected chi connectivity index (χ2v) is 8.22.